The molecule has 0 bridgehead atoms. The number of hydrogen-bond acceptors (Lipinski definition) is 3. The van der Waals surface area contributed by atoms with Crippen LogP contribution in [0.25, 0.3) is 0 Å². The Bertz CT molecular complexity index is 339. The lowest BCUT2D eigenvalue weighted by Crippen LogP contribution is -2.30. The van der Waals surface area contributed by atoms with E-state index in [4.69, 9.17) is 4.74 Å². The minimum atomic E-state index is 0.188. The molecule has 0 spiro atoms. The highest BCUT2D eigenvalue weighted by molar-refractivity contribution is 5.27. The number of ether oxygens (including phenoxy) is 1. The van der Waals surface area contributed by atoms with E-state index in [-0.39, 0.29) is 6.10 Å². The van der Waals surface area contributed by atoms with Gasteiger partial charge in [-0.3, -0.25) is 4.98 Å². The van der Waals surface area contributed by atoms with E-state index in [2.05, 4.69) is 37.1 Å². The predicted molar refractivity (Wildman–Crippen MR) is 71.6 cm³/mol. The average molecular weight is 236 g/mol. The number of hydrogen-bond donors (Lipinski definition) is 1. The lowest BCUT2D eigenvalue weighted by molar-refractivity contribution is 0.241. The largest absolute Gasteiger partial charge is 0.489 e. The molecule has 1 N–H and O–H groups in total. The summed E-state index contributed by atoms with van der Waals surface area (Å²) in [5, 5.41) is 3.44. The van der Waals surface area contributed by atoms with Crippen LogP contribution >= 0.6 is 0 Å². The van der Waals surface area contributed by atoms with Crippen molar-refractivity contribution >= 4 is 0 Å². The highest BCUT2D eigenvalue weighted by atomic mass is 16.5. The molecule has 3 nitrogen and oxygen atoms in total. The van der Waals surface area contributed by atoms with Crippen LogP contribution in [0.5, 0.6) is 5.75 Å². The number of pyridine rings is 1. The molecule has 1 heterocycles. The van der Waals surface area contributed by atoms with Crippen molar-refractivity contribution in [3.63, 3.8) is 0 Å². The zero-order valence-electron chi connectivity index (χ0n) is 11.5. The molecule has 0 aliphatic heterocycles. The maximum Gasteiger partial charge on any atom is 0.138 e. The second-order valence-corrected chi connectivity index (χ2v) is 4.76. The first-order valence-corrected chi connectivity index (χ1v) is 6.39. The van der Waals surface area contributed by atoms with Gasteiger partial charge in [0.05, 0.1) is 12.3 Å². The van der Waals surface area contributed by atoms with Crippen molar-refractivity contribution in [2.45, 2.75) is 52.7 Å². The van der Waals surface area contributed by atoms with Crippen molar-refractivity contribution < 1.29 is 4.74 Å². The molecule has 0 amide bonds. The van der Waals surface area contributed by atoms with E-state index in [1.165, 1.54) is 5.56 Å². The fourth-order valence-electron chi connectivity index (χ4n) is 1.81. The minimum absolute atomic E-state index is 0.188. The fourth-order valence-corrected chi connectivity index (χ4v) is 1.81. The van der Waals surface area contributed by atoms with E-state index in [0.29, 0.717) is 12.0 Å². The monoisotopic (exact) mass is 236 g/mol. The third-order valence-electron chi connectivity index (χ3n) is 2.91. The van der Waals surface area contributed by atoms with Gasteiger partial charge in [0.15, 0.2) is 0 Å². The Morgan fingerprint density at radius 1 is 1.24 bits per heavy atom. The van der Waals surface area contributed by atoms with Gasteiger partial charge in [-0.05, 0) is 44.9 Å². The Balaban J connectivity index is 2.76. The highest BCUT2D eigenvalue weighted by Crippen LogP contribution is 2.22. The summed E-state index contributed by atoms with van der Waals surface area (Å²) in [6, 6.07) is 2.53. The molecule has 2 atom stereocenters. The van der Waals surface area contributed by atoms with Crippen LogP contribution in [0.1, 0.15) is 46.1 Å². The second-order valence-electron chi connectivity index (χ2n) is 4.76. The van der Waals surface area contributed by atoms with E-state index >= 15 is 0 Å². The normalized spacial score (nSPS) is 14.7. The van der Waals surface area contributed by atoms with Crippen LogP contribution in [0.3, 0.4) is 0 Å². The van der Waals surface area contributed by atoms with Crippen LogP contribution in [0.4, 0.5) is 0 Å². The summed E-state index contributed by atoms with van der Waals surface area (Å²) >= 11 is 0. The Kier molecular flexibility index (Phi) is 5.42. The highest BCUT2D eigenvalue weighted by Gasteiger charge is 2.14. The Morgan fingerprint density at radius 2 is 1.94 bits per heavy atom. The summed E-state index contributed by atoms with van der Waals surface area (Å²) in [4.78, 5) is 4.25. The van der Waals surface area contributed by atoms with Crippen LogP contribution < -0.4 is 10.1 Å². The van der Waals surface area contributed by atoms with Crippen LogP contribution in [-0.2, 0) is 0 Å². The van der Waals surface area contributed by atoms with Gasteiger partial charge in [0.1, 0.15) is 5.75 Å². The topological polar surface area (TPSA) is 34.2 Å². The molecule has 17 heavy (non-hydrogen) atoms. The number of nitrogens with zero attached hydrogens (tertiary/aromatic N) is 1. The summed E-state index contributed by atoms with van der Waals surface area (Å²) in [5.41, 5.74) is 1.22. The molecule has 2 unspecified atom stereocenters. The molecule has 0 saturated carbocycles. The maximum absolute atomic E-state index is 5.66. The lowest BCUT2D eigenvalue weighted by atomic mass is 9.96. The van der Waals surface area contributed by atoms with Gasteiger partial charge >= 0.3 is 0 Å². The Labute approximate surface area is 105 Å². The van der Waals surface area contributed by atoms with Crippen molar-refractivity contribution in [3.8, 4) is 5.75 Å². The quantitative estimate of drug-likeness (QED) is 0.824. The maximum atomic E-state index is 5.66. The molecule has 0 saturated heterocycles. The van der Waals surface area contributed by atoms with Gasteiger partial charge < -0.3 is 10.1 Å². The first kappa shape index (κ1) is 14.0. The third kappa shape index (κ3) is 4.35. The Morgan fingerprint density at radius 3 is 2.53 bits per heavy atom. The number of rotatable bonds is 6. The van der Waals surface area contributed by atoms with Crippen LogP contribution in [0, 0.1) is 0 Å². The molecule has 1 rings (SSSR count). The van der Waals surface area contributed by atoms with Crippen molar-refractivity contribution in [3.05, 3.63) is 24.0 Å². The van der Waals surface area contributed by atoms with E-state index in [9.17, 15) is 0 Å². The summed E-state index contributed by atoms with van der Waals surface area (Å²) < 4.78 is 5.66. The first-order chi connectivity index (χ1) is 8.04. The number of likely N-dealkylation sites (N-methyl/N-ethyl adjacent to an activating group) is 1. The van der Waals surface area contributed by atoms with Gasteiger partial charge in [0.25, 0.3) is 0 Å². The second kappa shape index (κ2) is 6.60. The van der Waals surface area contributed by atoms with Gasteiger partial charge in [-0.15, -0.1) is 0 Å². The van der Waals surface area contributed by atoms with E-state index < -0.39 is 0 Å². The summed E-state index contributed by atoms with van der Waals surface area (Å²) in [7, 11) is 0. The molecule has 0 aliphatic rings. The number of aromatic nitrogens is 1. The van der Waals surface area contributed by atoms with Crippen molar-refractivity contribution in [2.24, 2.45) is 0 Å². The van der Waals surface area contributed by atoms with Crippen molar-refractivity contribution in [1.82, 2.24) is 10.3 Å². The van der Waals surface area contributed by atoms with Gasteiger partial charge in [0.2, 0.25) is 0 Å². The molecular formula is C14H24N2O. The molecule has 0 radical (unpaired) electrons. The molecule has 3 heteroatoms. The average Bonchev–Trinajstić information content (AvgIpc) is 2.28. The first-order valence-electron chi connectivity index (χ1n) is 6.39. The van der Waals surface area contributed by atoms with E-state index in [1.54, 1.807) is 6.20 Å². The van der Waals surface area contributed by atoms with Crippen LogP contribution in [0.2, 0.25) is 0 Å². The van der Waals surface area contributed by atoms with Gasteiger partial charge in [-0.25, -0.2) is 0 Å². The van der Waals surface area contributed by atoms with Crippen molar-refractivity contribution in [1.29, 1.82) is 0 Å². The van der Waals surface area contributed by atoms with Crippen molar-refractivity contribution in [2.75, 3.05) is 6.54 Å². The molecular weight excluding hydrogens is 212 g/mol. The molecule has 1 aromatic rings. The van der Waals surface area contributed by atoms with Crippen LogP contribution in [0.15, 0.2) is 18.5 Å². The van der Waals surface area contributed by atoms with E-state index in [1.807, 2.05) is 20.0 Å². The van der Waals surface area contributed by atoms with Gasteiger partial charge in [-0.1, -0.05) is 13.8 Å². The number of nitrogens with one attached hydrogen (secondary N) is 1. The smallest absolute Gasteiger partial charge is 0.138 e. The predicted octanol–water partition coefficient (Wildman–Crippen LogP) is 2.97. The summed E-state index contributed by atoms with van der Waals surface area (Å²) in [6.45, 7) is 11.6. The molecule has 0 fully saturated rings. The minimum Gasteiger partial charge on any atom is -0.489 e. The summed E-state index contributed by atoms with van der Waals surface area (Å²) in [5.74, 6) is 1.28. The molecule has 1 aromatic heterocycles. The third-order valence-corrected chi connectivity index (χ3v) is 2.91. The molecule has 0 aliphatic carbocycles. The van der Waals surface area contributed by atoms with Gasteiger partial charge in [0, 0.05) is 12.2 Å². The van der Waals surface area contributed by atoms with Gasteiger partial charge in [-0.2, -0.15) is 0 Å². The molecule has 0 aromatic carbocycles. The fraction of sp³-hybridized carbons (Fsp3) is 0.643. The Hall–Kier alpha value is -1.09. The molecule has 96 valence electrons. The SMILES string of the molecule is CCNC(C)C(C)c1cncc(OC(C)C)c1. The zero-order valence-corrected chi connectivity index (χ0v) is 11.5. The standard InChI is InChI=1S/C14H24N2O/c1-6-16-12(5)11(4)13-7-14(9-15-8-13)17-10(2)3/h7-12,16H,6H2,1-5H3. The zero-order chi connectivity index (χ0) is 12.8. The van der Waals surface area contributed by atoms with Crippen LogP contribution in [-0.4, -0.2) is 23.7 Å². The lowest BCUT2D eigenvalue weighted by Gasteiger charge is -2.21. The summed E-state index contributed by atoms with van der Waals surface area (Å²) in [6.07, 6.45) is 3.88. The van der Waals surface area contributed by atoms with E-state index in [0.717, 1.165) is 12.3 Å².